The molecule has 0 spiro atoms. The normalized spacial score (nSPS) is 11.3. The molecule has 1 heterocycles. The molecule has 0 fully saturated rings. The van der Waals surface area contributed by atoms with Gasteiger partial charge in [0.25, 0.3) is 0 Å². The second-order valence-corrected chi connectivity index (χ2v) is 4.66. The molecule has 0 amide bonds. The lowest BCUT2D eigenvalue weighted by atomic mass is 10.2. The van der Waals surface area contributed by atoms with E-state index in [1.54, 1.807) is 6.92 Å². The van der Waals surface area contributed by atoms with Gasteiger partial charge in [0, 0.05) is 24.7 Å². The molecule has 6 heteroatoms. The summed E-state index contributed by atoms with van der Waals surface area (Å²) in [6.07, 6.45) is 1.83. The van der Waals surface area contributed by atoms with Crippen LogP contribution in [0.25, 0.3) is 0 Å². The van der Waals surface area contributed by atoms with Crippen molar-refractivity contribution in [2.45, 2.75) is 24.7 Å². The van der Waals surface area contributed by atoms with Crippen LogP contribution in [0, 0.1) is 0 Å². The zero-order valence-corrected chi connectivity index (χ0v) is 9.12. The zero-order chi connectivity index (χ0) is 11.5. The summed E-state index contributed by atoms with van der Waals surface area (Å²) in [5.41, 5.74) is 0.550. The third-order valence-electron chi connectivity index (χ3n) is 1.90. The van der Waals surface area contributed by atoms with Gasteiger partial charge < -0.3 is 0 Å². The van der Waals surface area contributed by atoms with Crippen LogP contribution in [-0.2, 0) is 21.2 Å². The molecule has 0 bridgehead atoms. The summed E-state index contributed by atoms with van der Waals surface area (Å²) in [4.78, 5) is 14.9. The maximum absolute atomic E-state index is 11.1. The van der Waals surface area contributed by atoms with Crippen molar-refractivity contribution in [1.82, 2.24) is 4.98 Å². The molecule has 0 unspecified atom stereocenters. The number of rotatable bonds is 4. The number of ketones is 1. The van der Waals surface area contributed by atoms with Crippen LogP contribution in [-0.4, -0.2) is 19.2 Å². The van der Waals surface area contributed by atoms with Gasteiger partial charge in [-0.1, -0.05) is 6.92 Å². The number of carbonyl (C=O) groups is 1. The molecule has 0 saturated carbocycles. The molecule has 82 valence electrons. The van der Waals surface area contributed by atoms with E-state index in [0.29, 0.717) is 12.1 Å². The summed E-state index contributed by atoms with van der Waals surface area (Å²) in [5, 5.41) is 4.90. The lowest BCUT2D eigenvalue weighted by Crippen LogP contribution is -2.13. The first-order valence-electron chi connectivity index (χ1n) is 4.43. The molecule has 1 aromatic heterocycles. The van der Waals surface area contributed by atoms with E-state index < -0.39 is 10.0 Å². The molecule has 0 aromatic carbocycles. The van der Waals surface area contributed by atoms with Gasteiger partial charge in [-0.2, -0.15) is 0 Å². The Kier molecular flexibility index (Phi) is 3.54. The minimum Gasteiger partial charge on any atom is -0.299 e. The largest absolute Gasteiger partial charge is 0.299 e. The van der Waals surface area contributed by atoms with E-state index in [1.807, 2.05) is 0 Å². The molecule has 0 saturated heterocycles. The van der Waals surface area contributed by atoms with Crippen LogP contribution < -0.4 is 5.14 Å². The predicted octanol–water partition coefficient (Wildman–Crippen LogP) is 0.251. The minimum absolute atomic E-state index is 0.0461. The van der Waals surface area contributed by atoms with Gasteiger partial charge in [-0.05, 0) is 12.1 Å². The van der Waals surface area contributed by atoms with Crippen molar-refractivity contribution in [2.75, 3.05) is 0 Å². The predicted molar refractivity (Wildman–Crippen MR) is 54.6 cm³/mol. The van der Waals surface area contributed by atoms with Crippen molar-refractivity contribution >= 4 is 15.8 Å². The van der Waals surface area contributed by atoms with Crippen LogP contribution in [0.15, 0.2) is 23.2 Å². The highest BCUT2D eigenvalue weighted by Gasteiger charge is 2.08. The molecule has 5 nitrogen and oxygen atoms in total. The van der Waals surface area contributed by atoms with Crippen LogP contribution in [0.3, 0.4) is 0 Å². The van der Waals surface area contributed by atoms with Gasteiger partial charge >= 0.3 is 0 Å². The Morgan fingerprint density at radius 3 is 2.53 bits per heavy atom. The lowest BCUT2D eigenvalue weighted by molar-refractivity contribution is -0.118. The van der Waals surface area contributed by atoms with E-state index in [1.165, 1.54) is 12.1 Å². The average Bonchev–Trinajstić information content (AvgIpc) is 2.17. The Bertz CT molecular complexity index is 451. The SMILES string of the molecule is CCC(=O)Cc1ccc(S(N)(=O)=O)cn1. The average molecular weight is 228 g/mol. The van der Waals surface area contributed by atoms with E-state index >= 15 is 0 Å². The molecule has 2 N–H and O–H groups in total. The van der Waals surface area contributed by atoms with Crippen LogP contribution in [0.4, 0.5) is 0 Å². The monoisotopic (exact) mass is 228 g/mol. The number of hydrogen-bond acceptors (Lipinski definition) is 4. The second-order valence-electron chi connectivity index (χ2n) is 3.10. The molecule has 1 rings (SSSR count). The van der Waals surface area contributed by atoms with E-state index in [2.05, 4.69) is 4.98 Å². The van der Waals surface area contributed by atoms with Crippen molar-refractivity contribution in [2.24, 2.45) is 5.14 Å². The number of hydrogen-bond donors (Lipinski definition) is 1. The number of pyridine rings is 1. The number of primary sulfonamides is 1. The third-order valence-corrected chi connectivity index (χ3v) is 2.80. The third kappa shape index (κ3) is 3.41. The fourth-order valence-electron chi connectivity index (χ4n) is 1.01. The van der Waals surface area contributed by atoms with Crippen molar-refractivity contribution in [3.63, 3.8) is 0 Å². The van der Waals surface area contributed by atoms with E-state index in [0.717, 1.165) is 6.20 Å². The van der Waals surface area contributed by atoms with Gasteiger partial charge in [0.1, 0.15) is 10.7 Å². The molecule has 15 heavy (non-hydrogen) atoms. The minimum atomic E-state index is -3.70. The highest BCUT2D eigenvalue weighted by atomic mass is 32.2. The summed E-state index contributed by atoms with van der Waals surface area (Å²) in [5.74, 6) is 0.0610. The lowest BCUT2D eigenvalue weighted by Gasteiger charge is -2.00. The van der Waals surface area contributed by atoms with Crippen LogP contribution >= 0.6 is 0 Å². The zero-order valence-electron chi connectivity index (χ0n) is 8.30. The van der Waals surface area contributed by atoms with Gasteiger partial charge in [-0.15, -0.1) is 0 Å². The maximum Gasteiger partial charge on any atom is 0.239 e. The number of sulfonamides is 1. The highest BCUT2D eigenvalue weighted by Crippen LogP contribution is 2.06. The first kappa shape index (κ1) is 11.8. The quantitative estimate of drug-likeness (QED) is 0.799. The second kappa shape index (κ2) is 4.50. The summed E-state index contributed by atoms with van der Waals surface area (Å²) >= 11 is 0. The number of nitrogens with zero attached hydrogens (tertiary/aromatic N) is 1. The van der Waals surface area contributed by atoms with Crippen LogP contribution in [0.1, 0.15) is 19.0 Å². The van der Waals surface area contributed by atoms with Gasteiger partial charge in [0.15, 0.2) is 0 Å². The Balaban J connectivity index is 2.86. The van der Waals surface area contributed by atoms with Crippen LogP contribution in [0.5, 0.6) is 0 Å². The Hall–Kier alpha value is -1.27. The topological polar surface area (TPSA) is 90.1 Å². The van der Waals surface area contributed by atoms with Gasteiger partial charge in [-0.3, -0.25) is 9.78 Å². The summed E-state index contributed by atoms with van der Waals surface area (Å²) in [6, 6.07) is 2.84. The molecule has 0 aliphatic rings. The molecule has 1 aromatic rings. The van der Waals surface area contributed by atoms with E-state index in [9.17, 15) is 13.2 Å². The number of Topliss-reactive ketones (excluding diaryl/α,β-unsaturated/α-hetero) is 1. The van der Waals surface area contributed by atoms with E-state index in [4.69, 9.17) is 5.14 Å². The maximum atomic E-state index is 11.1. The number of aromatic nitrogens is 1. The molecule has 0 radical (unpaired) electrons. The Morgan fingerprint density at radius 1 is 1.47 bits per heavy atom. The van der Waals surface area contributed by atoms with Crippen molar-refractivity contribution in [1.29, 1.82) is 0 Å². The number of nitrogens with two attached hydrogens (primary N) is 1. The van der Waals surface area contributed by atoms with Crippen molar-refractivity contribution in [3.8, 4) is 0 Å². The summed E-state index contributed by atoms with van der Waals surface area (Å²) in [7, 11) is -3.70. The molecular weight excluding hydrogens is 216 g/mol. The molecule has 0 aliphatic carbocycles. The first-order valence-corrected chi connectivity index (χ1v) is 5.97. The Morgan fingerprint density at radius 2 is 2.13 bits per heavy atom. The summed E-state index contributed by atoms with van der Waals surface area (Å²) < 4.78 is 21.8. The molecule has 0 atom stereocenters. The smallest absolute Gasteiger partial charge is 0.239 e. The van der Waals surface area contributed by atoms with Gasteiger partial charge in [0.2, 0.25) is 10.0 Å². The van der Waals surface area contributed by atoms with Gasteiger partial charge in [-0.25, -0.2) is 13.6 Å². The standard InChI is InChI=1S/C9H12N2O3S/c1-2-8(12)5-7-3-4-9(6-11-7)15(10,13)14/h3-4,6H,2,5H2,1H3,(H2,10,13,14). The number of carbonyl (C=O) groups excluding carboxylic acids is 1. The van der Waals surface area contributed by atoms with Gasteiger partial charge in [0.05, 0.1) is 0 Å². The molecular formula is C9H12N2O3S. The first-order chi connectivity index (χ1) is 6.93. The van der Waals surface area contributed by atoms with Crippen LogP contribution in [0.2, 0.25) is 0 Å². The van der Waals surface area contributed by atoms with Crippen molar-refractivity contribution in [3.05, 3.63) is 24.0 Å². The Labute approximate surface area is 88.4 Å². The fraction of sp³-hybridized carbons (Fsp3) is 0.333. The molecule has 0 aliphatic heterocycles. The fourth-order valence-corrected chi connectivity index (χ4v) is 1.47. The van der Waals surface area contributed by atoms with E-state index in [-0.39, 0.29) is 17.1 Å². The highest BCUT2D eigenvalue weighted by molar-refractivity contribution is 7.89. The summed E-state index contributed by atoms with van der Waals surface area (Å²) in [6.45, 7) is 1.76. The van der Waals surface area contributed by atoms with Crippen molar-refractivity contribution < 1.29 is 13.2 Å².